The third-order valence-electron chi connectivity index (χ3n) is 7.03. The van der Waals surface area contributed by atoms with E-state index in [1.807, 2.05) is 73.7 Å². The lowest BCUT2D eigenvalue weighted by molar-refractivity contribution is 0.275. The van der Waals surface area contributed by atoms with Gasteiger partial charge in [0.15, 0.2) is 0 Å². The SMILES string of the molecule is CC(c1ccc(-c2ccccc2)c(F)c1)c1cc2[nH]c(=O)c3c(n2n1)NCN(CCc1ccccn1)C3. The van der Waals surface area contributed by atoms with E-state index in [-0.39, 0.29) is 17.3 Å². The third-order valence-corrected chi connectivity index (χ3v) is 7.03. The lowest BCUT2D eigenvalue weighted by atomic mass is 9.95. The van der Waals surface area contributed by atoms with Crippen LogP contribution in [0.4, 0.5) is 10.2 Å². The molecule has 0 fully saturated rings. The second-order valence-electron chi connectivity index (χ2n) is 9.43. The highest BCUT2D eigenvalue weighted by Gasteiger charge is 2.24. The van der Waals surface area contributed by atoms with Gasteiger partial charge in [-0.05, 0) is 29.3 Å². The Bertz CT molecular complexity index is 1610. The summed E-state index contributed by atoms with van der Waals surface area (Å²) in [5, 5.41) is 8.19. The van der Waals surface area contributed by atoms with Gasteiger partial charge in [0.1, 0.15) is 17.3 Å². The smallest absolute Gasteiger partial charge is 0.257 e. The Labute approximate surface area is 213 Å². The van der Waals surface area contributed by atoms with Crippen LogP contribution in [0.25, 0.3) is 16.8 Å². The molecule has 0 spiro atoms. The van der Waals surface area contributed by atoms with Crippen molar-refractivity contribution in [1.82, 2.24) is 24.5 Å². The summed E-state index contributed by atoms with van der Waals surface area (Å²) in [5.74, 6) is 0.284. The molecule has 186 valence electrons. The van der Waals surface area contributed by atoms with Crippen LogP contribution in [0, 0.1) is 5.82 Å². The largest absolute Gasteiger partial charge is 0.357 e. The van der Waals surface area contributed by atoms with E-state index >= 15 is 4.39 Å². The summed E-state index contributed by atoms with van der Waals surface area (Å²) >= 11 is 0. The van der Waals surface area contributed by atoms with Crippen LogP contribution in [0.15, 0.2) is 83.8 Å². The van der Waals surface area contributed by atoms with Gasteiger partial charge in [0.25, 0.3) is 5.56 Å². The van der Waals surface area contributed by atoms with Crippen LogP contribution in [0.2, 0.25) is 0 Å². The maximum absolute atomic E-state index is 15.0. The highest BCUT2D eigenvalue weighted by Crippen LogP contribution is 2.30. The molecule has 0 amide bonds. The zero-order valence-electron chi connectivity index (χ0n) is 20.5. The summed E-state index contributed by atoms with van der Waals surface area (Å²) in [5.41, 5.74) is 5.16. The molecule has 0 aliphatic carbocycles. The molecule has 5 aromatic rings. The predicted molar refractivity (Wildman–Crippen MR) is 142 cm³/mol. The number of fused-ring (bicyclic) bond motifs is 3. The Balaban J connectivity index is 1.25. The number of rotatable bonds is 6. The lowest BCUT2D eigenvalue weighted by Gasteiger charge is -2.29. The Kier molecular flexibility index (Phi) is 6.02. The number of aromatic amines is 1. The van der Waals surface area contributed by atoms with E-state index < -0.39 is 0 Å². The summed E-state index contributed by atoms with van der Waals surface area (Å²) in [6.45, 7) is 3.91. The average molecular weight is 495 g/mol. The van der Waals surface area contributed by atoms with Gasteiger partial charge in [-0.3, -0.25) is 14.7 Å². The molecule has 8 heteroatoms. The molecular formula is C29H27FN6O. The van der Waals surface area contributed by atoms with E-state index in [1.54, 1.807) is 16.8 Å². The van der Waals surface area contributed by atoms with Crippen molar-refractivity contribution in [3.8, 4) is 11.1 Å². The molecule has 2 N–H and O–H groups in total. The van der Waals surface area contributed by atoms with Crippen molar-refractivity contribution in [2.75, 3.05) is 18.5 Å². The molecule has 7 nitrogen and oxygen atoms in total. The number of nitrogens with one attached hydrogen (secondary N) is 2. The molecule has 4 heterocycles. The summed E-state index contributed by atoms with van der Waals surface area (Å²) in [4.78, 5) is 22.5. The molecule has 0 saturated carbocycles. The van der Waals surface area contributed by atoms with Crippen molar-refractivity contribution in [3.63, 3.8) is 0 Å². The van der Waals surface area contributed by atoms with Crippen molar-refractivity contribution in [2.24, 2.45) is 0 Å². The number of hydrogen-bond acceptors (Lipinski definition) is 5. The Hall–Kier alpha value is -4.30. The first-order chi connectivity index (χ1) is 18.1. The van der Waals surface area contributed by atoms with E-state index in [1.165, 1.54) is 0 Å². The molecule has 1 unspecified atom stereocenters. The number of benzene rings is 2. The Morgan fingerprint density at radius 3 is 2.68 bits per heavy atom. The fourth-order valence-corrected chi connectivity index (χ4v) is 4.89. The standard InChI is InChI=1S/C29H27FN6O/c1-19(21-10-11-23(25(30)15-21)20-7-3-2-4-8-20)26-16-27-33-29(37)24-17-35(18-32-28(24)36(27)34-26)14-12-22-9-5-6-13-31-22/h2-11,13,15-16,19,32H,12,14,17-18H2,1H3,(H,33,37). The first kappa shape index (κ1) is 23.1. The number of anilines is 1. The minimum absolute atomic E-state index is 0.130. The molecule has 37 heavy (non-hydrogen) atoms. The molecule has 1 aliphatic rings. The number of halogens is 1. The molecule has 6 rings (SSSR count). The van der Waals surface area contributed by atoms with Crippen LogP contribution in [0.3, 0.4) is 0 Å². The van der Waals surface area contributed by atoms with E-state index in [0.717, 1.165) is 35.5 Å². The number of nitrogens with zero attached hydrogens (tertiary/aromatic N) is 4. The quantitative estimate of drug-likeness (QED) is 0.355. The van der Waals surface area contributed by atoms with E-state index in [9.17, 15) is 4.79 Å². The summed E-state index contributed by atoms with van der Waals surface area (Å²) < 4.78 is 16.8. The lowest BCUT2D eigenvalue weighted by Crippen LogP contribution is -2.39. The van der Waals surface area contributed by atoms with Crippen LogP contribution in [-0.4, -0.2) is 37.7 Å². The van der Waals surface area contributed by atoms with Crippen molar-refractivity contribution < 1.29 is 4.39 Å². The fourth-order valence-electron chi connectivity index (χ4n) is 4.89. The van der Waals surface area contributed by atoms with Crippen LogP contribution >= 0.6 is 0 Å². The predicted octanol–water partition coefficient (Wildman–Crippen LogP) is 4.80. The third kappa shape index (κ3) is 4.51. The average Bonchev–Trinajstić information content (AvgIpc) is 3.36. The second-order valence-corrected chi connectivity index (χ2v) is 9.43. The Morgan fingerprint density at radius 1 is 1.05 bits per heavy atom. The van der Waals surface area contributed by atoms with Gasteiger partial charge < -0.3 is 10.3 Å². The van der Waals surface area contributed by atoms with Gasteiger partial charge in [-0.15, -0.1) is 0 Å². The van der Waals surface area contributed by atoms with Crippen molar-refractivity contribution in [1.29, 1.82) is 0 Å². The topological polar surface area (TPSA) is 78.3 Å². The van der Waals surface area contributed by atoms with E-state index in [2.05, 4.69) is 20.2 Å². The van der Waals surface area contributed by atoms with Crippen LogP contribution in [-0.2, 0) is 13.0 Å². The van der Waals surface area contributed by atoms with Gasteiger partial charge in [0, 0.05) is 48.9 Å². The number of hydrogen-bond donors (Lipinski definition) is 2. The molecule has 1 atom stereocenters. The molecule has 1 aliphatic heterocycles. The maximum Gasteiger partial charge on any atom is 0.257 e. The van der Waals surface area contributed by atoms with Crippen LogP contribution in [0.1, 0.15) is 35.4 Å². The van der Waals surface area contributed by atoms with Gasteiger partial charge in [-0.1, -0.05) is 55.5 Å². The molecular weight excluding hydrogens is 467 g/mol. The van der Waals surface area contributed by atoms with Gasteiger partial charge >= 0.3 is 0 Å². The summed E-state index contributed by atoms with van der Waals surface area (Å²) in [7, 11) is 0. The zero-order valence-corrected chi connectivity index (χ0v) is 20.5. The number of pyridine rings is 1. The van der Waals surface area contributed by atoms with Crippen molar-refractivity contribution in [3.05, 3.63) is 118 Å². The maximum atomic E-state index is 15.0. The van der Waals surface area contributed by atoms with Crippen molar-refractivity contribution >= 4 is 11.5 Å². The highest BCUT2D eigenvalue weighted by molar-refractivity contribution is 5.64. The van der Waals surface area contributed by atoms with Crippen molar-refractivity contribution in [2.45, 2.75) is 25.8 Å². The van der Waals surface area contributed by atoms with E-state index in [4.69, 9.17) is 5.10 Å². The first-order valence-corrected chi connectivity index (χ1v) is 12.4. The summed E-state index contributed by atoms with van der Waals surface area (Å²) in [6.07, 6.45) is 2.60. The van der Waals surface area contributed by atoms with Gasteiger partial charge in [0.2, 0.25) is 0 Å². The molecule has 0 saturated heterocycles. The minimum atomic E-state index is -0.266. The van der Waals surface area contributed by atoms with Crippen LogP contribution < -0.4 is 10.9 Å². The van der Waals surface area contributed by atoms with Gasteiger partial charge in [0.05, 0.1) is 17.9 Å². The molecule has 2 aromatic carbocycles. The zero-order chi connectivity index (χ0) is 25.4. The minimum Gasteiger partial charge on any atom is -0.357 e. The summed E-state index contributed by atoms with van der Waals surface area (Å²) in [6, 6.07) is 22.6. The fraction of sp³-hybridized carbons (Fsp3) is 0.207. The van der Waals surface area contributed by atoms with E-state index in [0.29, 0.717) is 35.8 Å². The second kappa shape index (κ2) is 9.63. The number of H-pyrrole nitrogens is 1. The first-order valence-electron chi connectivity index (χ1n) is 12.4. The van der Waals surface area contributed by atoms with Gasteiger partial charge in [-0.2, -0.15) is 5.10 Å². The van der Waals surface area contributed by atoms with Crippen LogP contribution in [0.5, 0.6) is 0 Å². The normalized spacial score (nSPS) is 14.3. The Morgan fingerprint density at radius 2 is 1.89 bits per heavy atom. The monoisotopic (exact) mass is 494 g/mol. The number of aromatic nitrogens is 4. The molecule has 0 bridgehead atoms. The highest BCUT2D eigenvalue weighted by atomic mass is 19.1. The van der Waals surface area contributed by atoms with Gasteiger partial charge in [-0.25, -0.2) is 8.91 Å². The molecule has 3 aromatic heterocycles. The molecule has 0 radical (unpaired) electrons.